The topological polar surface area (TPSA) is 58.8 Å². The van der Waals surface area contributed by atoms with Gasteiger partial charge in [-0.1, -0.05) is 17.3 Å². The molecule has 0 atom stereocenters. The molecule has 0 aliphatic carbocycles. The van der Waals surface area contributed by atoms with Gasteiger partial charge in [0, 0.05) is 38.7 Å². The van der Waals surface area contributed by atoms with Crippen LogP contribution in [-0.4, -0.2) is 54.2 Å². The number of aryl methyl sites for hydroxylation is 2. The zero-order valence-corrected chi connectivity index (χ0v) is 14.9. The van der Waals surface area contributed by atoms with Crippen LogP contribution in [0.4, 0.5) is 0 Å². The van der Waals surface area contributed by atoms with E-state index in [1.54, 1.807) is 7.11 Å². The van der Waals surface area contributed by atoms with Crippen LogP contribution in [0.5, 0.6) is 5.75 Å². The molecule has 1 saturated heterocycles. The zero-order valence-electron chi connectivity index (χ0n) is 14.9. The number of piperazine rings is 1. The Morgan fingerprint density at radius 2 is 1.92 bits per heavy atom. The highest BCUT2D eigenvalue weighted by molar-refractivity contribution is 5.76. The van der Waals surface area contributed by atoms with E-state index in [-0.39, 0.29) is 5.91 Å². The Morgan fingerprint density at radius 1 is 1.20 bits per heavy atom. The molecule has 1 aliphatic rings. The molecule has 3 rings (SSSR count). The molecule has 2 heterocycles. The lowest BCUT2D eigenvalue weighted by atomic mass is 10.1. The minimum Gasteiger partial charge on any atom is -0.497 e. The minimum atomic E-state index is 0.228. The van der Waals surface area contributed by atoms with Gasteiger partial charge in [-0.2, -0.15) is 0 Å². The number of rotatable bonds is 6. The summed E-state index contributed by atoms with van der Waals surface area (Å²) in [6.45, 7) is 5.96. The molecule has 6 nitrogen and oxygen atoms in total. The van der Waals surface area contributed by atoms with Crippen LogP contribution in [0.15, 0.2) is 34.9 Å². The van der Waals surface area contributed by atoms with Crippen LogP contribution in [0.3, 0.4) is 0 Å². The van der Waals surface area contributed by atoms with Crippen LogP contribution in [0.2, 0.25) is 0 Å². The van der Waals surface area contributed by atoms with Crippen molar-refractivity contribution in [2.24, 2.45) is 0 Å². The van der Waals surface area contributed by atoms with Crippen LogP contribution in [0.25, 0.3) is 0 Å². The molecule has 134 valence electrons. The Balaban J connectivity index is 1.41. The molecular weight excluding hydrogens is 318 g/mol. The van der Waals surface area contributed by atoms with Crippen molar-refractivity contribution in [1.82, 2.24) is 15.0 Å². The number of hydrogen-bond acceptors (Lipinski definition) is 5. The van der Waals surface area contributed by atoms with Crippen LogP contribution < -0.4 is 4.74 Å². The average Bonchev–Trinajstić information content (AvgIpc) is 3.05. The Kier molecular flexibility index (Phi) is 5.71. The van der Waals surface area contributed by atoms with E-state index < -0.39 is 0 Å². The zero-order chi connectivity index (χ0) is 17.6. The number of aromatic nitrogens is 1. The number of hydrogen-bond donors (Lipinski definition) is 0. The summed E-state index contributed by atoms with van der Waals surface area (Å²) in [7, 11) is 1.65. The molecule has 0 saturated carbocycles. The van der Waals surface area contributed by atoms with E-state index in [4.69, 9.17) is 9.26 Å². The molecule has 1 aromatic carbocycles. The number of nitrogens with zero attached hydrogens (tertiary/aromatic N) is 3. The highest BCUT2D eigenvalue weighted by Gasteiger charge is 2.21. The van der Waals surface area contributed by atoms with Gasteiger partial charge in [-0.05, 0) is 31.0 Å². The lowest BCUT2D eigenvalue weighted by Crippen LogP contribution is -2.48. The van der Waals surface area contributed by atoms with Gasteiger partial charge in [-0.25, -0.2) is 0 Å². The summed E-state index contributed by atoms with van der Waals surface area (Å²) in [6.07, 6.45) is 1.31. The van der Waals surface area contributed by atoms with E-state index in [0.29, 0.717) is 6.42 Å². The summed E-state index contributed by atoms with van der Waals surface area (Å²) < 4.78 is 10.4. The second kappa shape index (κ2) is 8.16. The van der Waals surface area contributed by atoms with Crippen molar-refractivity contribution in [2.45, 2.75) is 26.3 Å². The Hall–Kier alpha value is -2.34. The number of ether oxygens (including phenoxy) is 1. The van der Waals surface area contributed by atoms with Crippen molar-refractivity contribution in [2.75, 3.05) is 33.3 Å². The van der Waals surface area contributed by atoms with Gasteiger partial charge in [-0.3, -0.25) is 9.69 Å². The van der Waals surface area contributed by atoms with Gasteiger partial charge < -0.3 is 14.2 Å². The van der Waals surface area contributed by atoms with E-state index in [2.05, 4.69) is 10.1 Å². The maximum Gasteiger partial charge on any atom is 0.222 e. The first-order chi connectivity index (χ1) is 12.1. The number of carbonyl (C=O) groups excluding carboxylic acids is 1. The Labute approximate surface area is 148 Å². The van der Waals surface area contributed by atoms with E-state index in [1.807, 2.05) is 42.2 Å². The third-order valence-corrected chi connectivity index (χ3v) is 4.57. The summed E-state index contributed by atoms with van der Waals surface area (Å²) >= 11 is 0. The Bertz CT molecular complexity index is 688. The second-order valence-electron chi connectivity index (χ2n) is 6.44. The van der Waals surface area contributed by atoms with Gasteiger partial charge in [0.25, 0.3) is 0 Å². The molecule has 0 spiro atoms. The van der Waals surface area contributed by atoms with E-state index in [1.165, 1.54) is 0 Å². The first-order valence-corrected chi connectivity index (χ1v) is 8.69. The van der Waals surface area contributed by atoms with Crippen LogP contribution >= 0.6 is 0 Å². The van der Waals surface area contributed by atoms with Crippen molar-refractivity contribution in [3.63, 3.8) is 0 Å². The van der Waals surface area contributed by atoms with Crippen molar-refractivity contribution in [1.29, 1.82) is 0 Å². The highest BCUT2D eigenvalue weighted by Crippen LogP contribution is 2.14. The third kappa shape index (κ3) is 4.82. The quantitative estimate of drug-likeness (QED) is 0.805. The molecule has 0 bridgehead atoms. The van der Waals surface area contributed by atoms with Crippen LogP contribution in [-0.2, 0) is 17.8 Å². The maximum atomic E-state index is 12.4. The molecule has 6 heteroatoms. The van der Waals surface area contributed by atoms with E-state index in [9.17, 15) is 4.79 Å². The van der Waals surface area contributed by atoms with Gasteiger partial charge >= 0.3 is 0 Å². The smallest absolute Gasteiger partial charge is 0.222 e. The number of amides is 1. The molecule has 1 aliphatic heterocycles. The molecular formula is C19H25N3O3. The van der Waals surface area contributed by atoms with Gasteiger partial charge in [0.1, 0.15) is 5.75 Å². The molecule has 0 N–H and O–H groups in total. The first-order valence-electron chi connectivity index (χ1n) is 8.69. The first kappa shape index (κ1) is 17.5. The number of carbonyl (C=O) groups is 1. The van der Waals surface area contributed by atoms with E-state index >= 15 is 0 Å². The fraction of sp³-hybridized carbons (Fsp3) is 0.474. The van der Waals surface area contributed by atoms with Gasteiger partial charge in [-0.15, -0.1) is 0 Å². The lowest BCUT2D eigenvalue weighted by Gasteiger charge is -2.34. The fourth-order valence-corrected chi connectivity index (χ4v) is 3.07. The van der Waals surface area contributed by atoms with Crippen molar-refractivity contribution < 1.29 is 14.1 Å². The minimum absolute atomic E-state index is 0.228. The molecule has 1 aromatic heterocycles. The summed E-state index contributed by atoms with van der Waals surface area (Å²) in [5.41, 5.74) is 2.07. The largest absolute Gasteiger partial charge is 0.497 e. The van der Waals surface area contributed by atoms with Crippen LogP contribution in [0, 0.1) is 6.92 Å². The standard InChI is InChI=1S/C19H25N3O3/c1-15-13-18(25-20-15)14-21-9-11-22(12-10-21)19(23)8-5-16-3-6-17(24-2)7-4-16/h3-4,6-7,13H,5,8-12,14H2,1-2H3. The predicted molar refractivity (Wildman–Crippen MR) is 94.4 cm³/mol. The molecule has 25 heavy (non-hydrogen) atoms. The number of methoxy groups -OCH3 is 1. The summed E-state index contributed by atoms with van der Waals surface area (Å²) in [5.74, 6) is 1.95. The van der Waals surface area contributed by atoms with Crippen molar-refractivity contribution in [3.05, 3.63) is 47.3 Å². The van der Waals surface area contributed by atoms with Gasteiger partial charge in [0.15, 0.2) is 5.76 Å². The van der Waals surface area contributed by atoms with Crippen molar-refractivity contribution >= 4 is 5.91 Å². The van der Waals surface area contributed by atoms with Gasteiger partial charge in [0.2, 0.25) is 5.91 Å². The second-order valence-corrected chi connectivity index (χ2v) is 6.44. The van der Waals surface area contributed by atoms with Crippen molar-refractivity contribution in [3.8, 4) is 5.75 Å². The third-order valence-electron chi connectivity index (χ3n) is 4.57. The summed E-state index contributed by atoms with van der Waals surface area (Å²) in [6, 6.07) is 9.87. The monoisotopic (exact) mass is 343 g/mol. The molecule has 1 fully saturated rings. The lowest BCUT2D eigenvalue weighted by molar-refractivity contribution is -0.133. The fourth-order valence-electron chi connectivity index (χ4n) is 3.07. The molecule has 1 amide bonds. The molecule has 2 aromatic rings. The summed E-state index contributed by atoms with van der Waals surface area (Å²) in [5, 5.41) is 3.92. The average molecular weight is 343 g/mol. The number of benzene rings is 1. The maximum absolute atomic E-state index is 12.4. The SMILES string of the molecule is COc1ccc(CCC(=O)N2CCN(Cc3cc(C)no3)CC2)cc1. The molecule has 0 radical (unpaired) electrons. The van der Waals surface area contributed by atoms with Gasteiger partial charge in [0.05, 0.1) is 19.3 Å². The van der Waals surface area contributed by atoms with Crippen LogP contribution in [0.1, 0.15) is 23.4 Å². The van der Waals surface area contributed by atoms with E-state index in [0.717, 1.165) is 61.9 Å². The normalized spacial score (nSPS) is 15.4. The highest BCUT2D eigenvalue weighted by atomic mass is 16.5. The molecule has 0 unspecified atom stereocenters. The Morgan fingerprint density at radius 3 is 2.52 bits per heavy atom. The summed E-state index contributed by atoms with van der Waals surface area (Å²) in [4.78, 5) is 16.7. The predicted octanol–water partition coefficient (Wildman–Crippen LogP) is 2.27.